The molecule has 7 nitrogen and oxygen atoms in total. The van der Waals surface area contributed by atoms with Crippen LogP contribution in [0.5, 0.6) is 0 Å². The second-order valence-electron chi connectivity index (χ2n) is 4.45. The maximum Gasteiger partial charge on any atom is 0.269 e. The molecule has 0 saturated carbocycles. The summed E-state index contributed by atoms with van der Waals surface area (Å²) in [6.45, 7) is 1.13. The first-order valence-electron chi connectivity index (χ1n) is 6.23. The molecule has 0 atom stereocenters. The highest BCUT2D eigenvalue weighted by Gasteiger charge is 2.05. The van der Waals surface area contributed by atoms with Crippen molar-refractivity contribution in [1.29, 1.82) is 0 Å². The summed E-state index contributed by atoms with van der Waals surface area (Å²) in [5, 5.41) is 24.2. The molecule has 2 aromatic rings. The summed E-state index contributed by atoms with van der Waals surface area (Å²) >= 11 is 0. The monoisotopic (exact) mass is 287 g/mol. The predicted molar refractivity (Wildman–Crippen MR) is 76.7 cm³/mol. The molecule has 0 aliphatic rings. The summed E-state index contributed by atoms with van der Waals surface area (Å²) in [6.07, 6.45) is 0. The molecular weight excluding hydrogens is 274 g/mol. The zero-order chi connectivity index (χ0) is 15.2. The number of benzene rings is 2. The van der Waals surface area contributed by atoms with Crippen LogP contribution in [0, 0.1) is 20.2 Å². The topological polar surface area (TPSA) is 98.3 Å². The fourth-order valence-corrected chi connectivity index (χ4v) is 1.82. The van der Waals surface area contributed by atoms with E-state index in [-0.39, 0.29) is 11.4 Å². The van der Waals surface area contributed by atoms with E-state index in [1.165, 1.54) is 24.3 Å². The molecule has 1 N–H and O–H groups in total. The minimum absolute atomic E-state index is 0.0640. The minimum Gasteiger partial charge on any atom is -0.309 e. The summed E-state index contributed by atoms with van der Waals surface area (Å²) in [7, 11) is 0. The van der Waals surface area contributed by atoms with Gasteiger partial charge in [0.1, 0.15) is 0 Å². The molecule has 0 amide bonds. The third kappa shape index (κ3) is 4.08. The molecule has 0 spiro atoms. The Labute approximate surface area is 120 Å². The Morgan fingerprint density at radius 1 is 0.714 bits per heavy atom. The van der Waals surface area contributed by atoms with Gasteiger partial charge in [0.15, 0.2) is 0 Å². The highest BCUT2D eigenvalue weighted by Crippen LogP contribution is 2.13. The SMILES string of the molecule is O=[N+]([O-])c1ccc(CNCc2ccc([N+](=O)[O-])cc2)cc1. The van der Waals surface area contributed by atoms with Gasteiger partial charge in [-0.25, -0.2) is 0 Å². The number of hydrogen-bond donors (Lipinski definition) is 1. The first kappa shape index (κ1) is 14.6. The van der Waals surface area contributed by atoms with E-state index < -0.39 is 9.85 Å². The second kappa shape index (κ2) is 6.58. The van der Waals surface area contributed by atoms with Crippen LogP contribution in [0.2, 0.25) is 0 Å². The smallest absolute Gasteiger partial charge is 0.269 e. The number of nitro benzene ring substituents is 2. The van der Waals surface area contributed by atoms with Gasteiger partial charge in [-0.3, -0.25) is 20.2 Å². The lowest BCUT2D eigenvalue weighted by molar-refractivity contribution is -0.385. The molecule has 0 unspecified atom stereocenters. The number of hydrogen-bond acceptors (Lipinski definition) is 5. The summed E-state index contributed by atoms with van der Waals surface area (Å²) in [6, 6.07) is 12.6. The first-order valence-corrected chi connectivity index (χ1v) is 6.23. The molecule has 0 saturated heterocycles. The highest BCUT2D eigenvalue weighted by molar-refractivity contribution is 5.34. The van der Waals surface area contributed by atoms with Gasteiger partial charge in [-0.15, -0.1) is 0 Å². The lowest BCUT2D eigenvalue weighted by atomic mass is 10.2. The third-order valence-corrected chi connectivity index (χ3v) is 2.95. The van der Waals surface area contributed by atoms with Crippen molar-refractivity contribution in [3.05, 3.63) is 79.9 Å². The Kier molecular flexibility index (Phi) is 4.57. The predicted octanol–water partition coefficient (Wildman–Crippen LogP) is 2.79. The van der Waals surface area contributed by atoms with Crippen LogP contribution in [0.1, 0.15) is 11.1 Å². The van der Waals surface area contributed by atoms with Crippen molar-refractivity contribution in [2.45, 2.75) is 13.1 Å². The zero-order valence-electron chi connectivity index (χ0n) is 11.1. The molecule has 0 heterocycles. The van der Waals surface area contributed by atoms with Gasteiger partial charge in [0.2, 0.25) is 0 Å². The fourth-order valence-electron chi connectivity index (χ4n) is 1.82. The van der Waals surface area contributed by atoms with Gasteiger partial charge in [-0.1, -0.05) is 24.3 Å². The Bertz CT molecular complexity index is 581. The largest absolute Gasteiger partial charge is 0.309 e. The first-order chi connectivity index (χ1) is 10.1. The lowest BCUT2D eigenvalue weighted by Crippen LogP contribution is -2.12. The molecule has 7 heteroatoms. The van der Waals surface area contributed by atoms with Gasteiger partial charge >= 0.3 is 0 Å². The Hall–Kier alpha value is -2.80. The average Bonchev–Trinajstić information content (AvgIpc) is 2.48. The van der Waals surface area contributed by atoms with Crippen molar-refractivity contribution in [3.8, 4) is 0 Å². The quantitative estimate of drug-likeness (QED) is 0.650. The third-order valence-electron chi connectivity index (χ3n) is 2.95. The van der Waals surface area contributed by atoms with Gasteiger partial charge in [0.05, 0.1) is 9.85 Å². The fraction of sp³-hybridized carbons (Fsp3) is 0.143. The summed E-state index contributed by atoms with van der Waals surface area (Å²) in [5.41, 5.74) is 1.99. The van der Waals surface area contributed by atoms with Crippen LogP contribution in [-0.2, 0) is 13.1 Å². The molecule has 0 radical (unpaired) electrons. The summed E-state index contributed by atoms with van der Waals surface area (Å²) in [5.74, 6) is 0. The molecule has 0 bridgehead atoms. The van der Waals surface area contributed by atoms with Crippen LogP contribution in [0.15, 0.2) is 48.5 Å². The zero-order valence-corrected chi connectivity index (χ0v) is 11.1. The van der Waals surface area contributed by atoms with Gasteiger partial charge in [-0.05, 0) is 11.1 Å². The molecule has 0 fully saturated rings. The van der Waals surface area contributed by atoms with Gasteiger partial charge in [0.25, 0.3) is 11.4 Å². The number of rotatable bonds is 6. The van der Waals surface area contributed by atoms with Crippen molar-refractivity contribution in [1.82, 2.24) is 5.32 Å². The summed E-state index contributed by atoms with van der Waals surface area (Å²) < 4.78 is 0. The molecule has 2 aromatic carbocycles. The van der Waals surface area contributed by atoms with E-state index in [0.29, 0.717) is 13.1 Å². The molecule has 0 aromatic heterocycles. The van der Waals surface area contributed by atoms with E-state index in [9.17, 15) is 20.2 Å². The van der Waals surface area contributed by atoms with E-state index in [1.807, 2.05) is 0 Å². The highest BCUT2D eigenvalue weighted by atomic mass is 16.6. The van der Waals surface area contributed by atoms with E-state index in [4.69, 9.17) is 0 Å². The average molecular weight is 287 g/mol. The molecule has 0 aliphatic heterocycles. The minimum atomic E-state index is -0.436. The standard InChI is InChI=1S/C14H13N3O4/c18-16(19)13-5-1-11(2-6-13)9-15-10-12-3-7-14(8-4-12)17(20)21/h1-8,15H,9-10H2. The summed E-state index contributed by atoms with van der Waals surface area (Å²) in [4.78, 5) is 20.2. The van der Waals surface area contributed by atoms with Crippen LogP contribution in [0.4, 0.5) is 11.4 Å². The van der Waals surface area contributed by atoms with Crippen molar-refractivity contribution in [2.75, 3.05) is 0 Å². The maximum absolute atomic E-state index is 10.5. The van der Waals surface area contributed by atoms with Crippen LogP contribution in [0.3, 0.4) is 0 Å². The van der Waals surface area contributed by atoms with Crippen molar-refractivity contribution < 1.29 is 9.85 Å². The number of nitrogens with zero attached hydrogens (tertiary/aromatic N) is 2. The molecule has 2 rings (SSSR count). The number of nitrogens with one attached hydrogen (secondary N) is 1. The van der Waals surface area contributed by atoms with Crippen molar-refractivity contribution >= 4 is 11.4 Å². The molecular formula is C14H13N3O4. The van der Waals surface area contributed by atoms with Crippen LogP contribution >= 0.6 is 0 Å². The Morgan fingerprint density at radius 2 is 1.05 bits per heavy atom. The maximum atomic E-state index is 10.5. The molecule has 0 aliphatic carbocycles. The van der Waals surface area contributed by atoms with E-state index in [2.05, 4.69) is 5.32 Å². The Balaban J connectivity index is 1.86. The number of non-ortho nitro benzene ring substituents is 2. The lowest BCUT2D eigenvalue weighted by Gasteiger charge is -2.05. The van der Waals surface area contributed by atoms with E-state index in [0.717, 1.165) is 11.1 Å². The van der Waals surface area contributed by atoms with E-state index in [1.54, 1.807) is 24.3 Å². The van der Waals surface area contributed by atoms with Crippen LogP contribution in [-0.4, -0.2) is 9.85 Å². The van der Waals surface area contributed by atoms with Crippen molar-refractivity contribution in [3.63, 3.8) is 0 Å². The molecule has 108 valence electrons. The molecule has 21 heavy (non-hydrogen) atoms. The number of nitro groups is 2. The van der Waals surface area contributed by atoms with Gasteiger partial charge < -0.3 is 5.32 Å². The van der Waals surface area contributed by atoms with Crippen LogP contribution in [0.25, 0.3) is 0 Å². The van der Waals surface area contributed by atoms with Crippen molar-refractivity contribution in [2.24, 2.45) is 0 Å². The second-order valence-corrected chi connectivity index (χ2v) is 4.45. The van der Waals surface area contributed by atoms with Gasteiger partial charge in [-0.2, -0.15) is 0 Å². The van der Waals surface area contributed by atoms with E-state index >= 15 is 0 Å². The van der Waals surface area contributed by atoms with Crippen LogP contribution < -0.4 is 5.32 Å². The van der Waals surface area contributed by atoms with Gasteiger partial charge in [0, 0.05) is 37.4 Å². The normalized spacial score (nSPS) is 10.3. The Morgan fingerprint density at radius 3 is 1.33 bits per heavy atom.